The van der Waals surface area contributed by atoms with Crippen molar-refractivity contribution in [1.82, 2.24) is 14.8 Å². The van der Waals surface area contributed by atoms with Crippen molar-refractivity contribution < 1.29 is 4.79 Å². The maximum Gasteiger partial charge on any atom is 0.274 e. The average molecular weight is 282 g/mol. The van der Waals surface area contributed by atoms with Gasteiger partial charge >= 0.3 is 0 Å². The van der Waals surface area contributed by atoms with E-state index in [1.165, 1.54) is 4.68 Å². The number of hydrogen-bond donors (Lipinski definition) is 2. The van der Waals surface area contributed by atoms with Gasteiger partial charge in [0.05, 0.1) is 0 Å². The molecule has 0 bridgehead atoms. The third kappa shape index (κ3) is 2.01. The zero-order valence-corrected chi connectivity index (χ0v) is 11.7. The van der Waals surface area contributed by atoms with Crippen LogP contribution >= 0.6 is 0 Å². The van der Waals surface area contributed by atoms with Crippen LogP contribution in [-0.4, -0.2) is 20.7 Å². The summed E-state index contributed by atoms with van der Waals surface area (Å²) < 4.78 is 1.46. The molecule has 2 heterocycles. The number of primary amides is 1. The summed E-state index contributed by atoms with van der Waals surface area (Å²) in [5.74, 6) is -0.605. The lowest BCUT2D eigenvalue weighted by Gasteiger charge is -2.05. The number of aromatic amines is 1. The van der Waals surface area contributed by atoms with Gasteiger partial charge in [-0.25, -0.2) is 4.68 Å². The van der Waals surface area contributed by atoms with Gasteiger partial charge in [0.1, 0.15) is 5.69 Å². The van der Waals surface area contributed by atoms with E-state index in [4.69, 9.17) is 5.73 Å². The molecular weight excluding hydrogens is 268 g/mol. The molecule has 0 spiro atoms. The summed E-state index contributed by atoms with van der Waals surface area (Å²) in [5.41, 5.74) is 7.72. The largest absolute Gasteiger partial charge is 0.364 e. The highest BCUT2D eigenvalue weighted by molar-refractivity contribution is 5.92. The molecule has 0 fully saturated rings. The van der Waals surface area contributed by atoms with Crippen molar-refractivity contribution in [3.63, 3.8) is 0 Å². The van der Waals surface area contributed by atoms with E-state index in [9.17, 15) is 9.59 Å². The molecule has 6 nitrogen and oxygen atoms in total. The second kappa shape index (κ2) is 4.59. The van der Waals surface area contributed by atoms with E-state index >= 15 is 0 Å². The Balaban J connectivity index is 2.30. The highest BCUT2D eigenvalue weighted by Gasteiger charge is 2.17. The van der Waals surface area contributed by atoms with Gasteiger partial charge in [-0.15, -0.1) is 0 Å². The number of pyridine rings is 1. The normalized spacial score (nSPS) is 11.0. The minimum Gasteiger partial charge on any atom is -0.364 e. The van der Waals surface area contributed by atoms with Crippen LogP contribution < -0.4 is 11.3 Å². The van der Waals surface area contributed by atoms with Crippen LogP contribution in [0.5, 0.6) is 0 Å². The fraction of sp³-hybridized carbons (Fsp3) is 0.133. The van der Waals surface area contributed by atoms with E-state index in [1.807, 2.05) is 24.3 Å². The van der Waals surface area contributed by atoms with E-state index in [1.54, 1.807) is 19.9 Å². The minimum atomic E-state index is -0.605. The molecule has 106 valence electrons. The summed E-state index contributed by atoms with van der Waals surface area (Å²) in [5, 5.41) is 5.06. The molecule has 0 radical (unpaired) electrons. The molecule has 2 aromatic heterocycles. The van der Waals surface area contributed by atoms with Crippen molar-refractivity contribution in [2.24, 2.45) is 5.73 Å². The lowest BCUT2D eigenvalue weighted by molar-refractivity contribution is 0.0994. The van der Waals surface area contributed by atoms with Crippen LogP contribution in [0.4, 0.5) is 0 Å². The number of benzene rings is 1. The Bertz CT molecular complexity index is 921. The first kappa shape index (κ1) is 13.1. The van der Waals surface area contributed by atoms with Gasteiger partial charge in [-0.05, 0) is 26.0 Å². The minimum absolute atomic E-state index is 0.181. The molecule has 1 aromatic carbocycles. The first-order chi connectivity index (χ1) is 9.99. The molecule has 1 amide bonds. The molecule has 0 saturated heterocycles. The summed E-state index contributed by atoms with van der Waals surface area (Å²) in [6.45, 7) is 3.55. The number of H-pyrrole nitrogens is 1. The van der Waals surface area contributed by atoms with Crippen LogP contribution in [0.25, 0.3) is 16.6 Å². The second-order valence-corrected chi connectivity index (χ2v) is 4.91. The number of rotatable bonds is 2. The topological polar surface area (TPSA) is 93.8 Å². The second-order valence-electron chi connectivity index (χ2n) is 4.91. The van der Waals surface area contributed by atoms with E-state index in [-0.39, 0.29) is 11.3 Å². The first-order valence-corrected chi connectivity index (χ1v) is 6.47. The fourth-order valence-corrected chi connectivity index (χ4v) is 2.34. The van der Waals surface area contributed by atoms with Crippen LogP contribution in [0.1, 0.15) is 21.7 Å². The highest BCUT2D eigenvalue weighted by atomic mass is 16.1. The number of fused-ring (bicyclic) bond motifs is 1. The quantitative estimate of drug-likeness (QED) is 0.744. The molecule has 0 atom stereocenters. The number of carbonyl (C=O) groups is 1. The molecule has 0 saturated carbocycles. The Morgan fingerprint density at radius 1 is 1.29 bits per heavy atom. The molecule has 3 aromatic rings. The van der Waals surface area contributed by atoms with Gasteiger partial charge in [0.25, 0.3) is 11.5 Å². The van der Waals surface area contributed by atoms with Crippen molar-refractivity contribution in [3.05, 3.63) is 57.6 Å². The van der Waals surface area contributed by atoms with E-state index in [0.717, 1.165) is 10.9 Å². The summed E-state index contributed by atoms with van der Waals surface area (Å²) >= 11 is 0. The third-order valence-corrected chi connectivity index (χ3v) is 3.61. The molecule has 0 aliphatic heterocycles. The van der Waals surface area contributed by atoms with Crippen LogP contribution in [-0.2, 0) is 0 Å². The molecule has 3 rings (SSSR count). The standard InChI is InChI=1S/C15H14N4O2/c1-8-9(2)19(18-13(8)14(16)20)12-7-10-5-3-4-6-11(10)17-15(12)21/h3-7H,1-2H3,(H2,16,20)(H,17,21). The monoisotopic (exact) mass is 282 g/mol. The van der Waals surface area contributed by atoms with Crippen LogP contribution in [0.2, 0.25) is 0 Å². The number of amides is 1. The SMILES string of the molecule is Cc1c(C(N)=O)nn(-c2cc3ccccc3[nH]c2=O)c1C. The predicted molar refractivity (Wildman–Crippen MR) is 79.7 cm³/mol. The molecule has 0 unspecified atom stereocenters. The molecular formula is C15H14N4O2. The number of aromatic nitrogens is 3. The molecule has 0 aliphatic carbocycles. The summed E-state index contributed by atoms with van der Waals surface area (Å²) in [6.07, 6.45) is 0. The number of nitrogens with two attached hydrogens (primary N) is 1. The zero-order valence-electron chi connectivity index (χ0n) is 11.7. The third-order valence-electron chi connectivity index (χ3n) is 3.61. The van der Waals surface area contributed by atoms with Gasteiger partial charge in [0.2, 0.25) is 0 Å². The Labute approximate surface area is 120 Å². The van der Waals surface area contributed by atoms with Crippen molar-refractivity contribution >= 4 is 16.8 Å². The van der Waals surface area contributed by atoms with Gasteiger partial charge in [-0.2, -0.15) is 5.10 Å². The van der Waals surface area contributed by atoms with Crippen molar-refractivity contribution in [1.29, 1.82) is 0 Å². The summed E-state index contributed by atoms with van der Waals surface area (Å²) in [4.78, 5) is 26.4. The van der Waals surface area contributed by atoms with Crippen molar-refractivity contribution in [2.75, 3.05) is 0 Å². The van der Waals surface area contributed by atoms with Gasteiger partial charge in [0, 0.05) is 22.2 Å². The van der Waals surface area contributed by atoms with Gasteiger partial charge < -0.3 is 10.7 Å². The average Bonchev–Trinajstić information content (AvgIpc) is 2.75. The molecule has 0 aliphatic rings. The predicted octanol–water partition coefficient (Wildman–Crippen LogP) is 1.43. The van der Waals surface area contributed by atoms with Gasteiger partial charge in [-0.3, -0.25) is 9.59 Å². The van der Waals surface area contributed by atoms with Crippen LogP contribution in [0.15, 0.2) is 35.1 Å². The maximum atomic E-state index is 12.2. The molecule has 3 N–H and O–H groups in total. The first-order valence-electron chi connectivity index (χ1n) is 6.47. The van der Waals surface area contributed by atoms with Crippen molar-refractivity contribution in [3.8, 4) is 5.69 Å². The lowest BCUT2D eigenvalue weighted by atomic mass is 10.2. The lowest BCUT2D eigenvalue weighted by Crippen LogP contribution is -2.17. The van der Waals surface area contributed by atoms with E-state index < -0.39 is 5.91 Å². The zero-order chi connectivity index (χ0) is 15.1. The van der Waals surface area contributed by atoms with Crippen LogP contribution in [0, 0.1) is 13.8 Å². The Hall–Kier alpha value is -2.89. The van der Waals surface area contributed by atoms with E-state index in [2.05, 4.69) is 10.1 Å². The van der Waals surface area contributed by atoms with Gasteiger partial charge in [0.15, 0.2) is 5.69 Å². The Morgan fingerprint density at radius 3 is 2.67 bits per heavy atom. The van der Waals surface area contributed by atoms with Gasteiger partial charge in [-0.1, -0.05) is 18.2 Å². The van der Waals surface area contributed by atoms with Crippen molar-refractivity contribution in [2.45, 2.75) is 13.8 Å². The number of hydrogen-bond acceptors (Lipinski definition) is 3. The Morgan fingerprint density at radius 2 is 2.00 bits per heavy atom. The fourth-order valence-electron chi connectivity index (χ4n) is 2.34. The molecule has 21 heavy (non-hydrogen) atoms. The van der Waals surface area contributed by atoms with E-state index in [0.29, 0.717) is 16.9 Å². The number of nitrogens with zero attached hydrogens (tertiary/aromatic N) is 2. The number of carbonyl (C=O) groups excluding carboxylic acids is 1. The summed E-state index contributed by atoms with van der Waals surface area (Å²) in [6, 6.07) is 9.22. The summed E-state index contributed by atoms with van der Waals surface area (Å²) in [7, 11) is 0. The molecule has 6 heteroatoms. The smallest absolute Gasteiger partial charge is 0.274 e. The Kier molecular flexibility index (Phi) is 2.86. The maximum absolute atomic E-state index is 12.2. The van der Waals surface area contributed by atoms with Crippen LogP contribution in [0.3, 0.4) is 0 Å². The number of nitrogens with one attached hydrogen (secondary N) is 1. The highest BCUT2D eigenvalue weighted by Crippen LogP contribution is 2.17. The number of para-hydroxylation sites is 1.